The molecule has 0 spiro atoms. The first-order valence-corrected chi connectivity index (χ1v) is 18.2. The third-order valence-electron chi connectivity index (χ3n) is 10.5. The molecule has 0 aliphatic heterocycles. The van der Waals surface area contributed by atoms with Gasteiger partial charge in [-0.25, -0.2) is 0 Å². The lowest BCUT2D eigenvalue weighted by molar-refractivity contribution is 0.659. The first kappa shape index (κ1) is 30.6. The standard InChI is InChI=1S/C47H38N2S/c1-47(2)39-22-11-21-36(44(39)38-28-32-16-6-7-17-33(32)29-40(38)47)41(49-46(48)31-14-4-3-5-15-31)26-25-30-13-10-18-34(27-30)35-20-12-24-43-45(35)37-19-8-9-23-42(37)50-43/h3-24,26-29,46,49H,25,48H2,1-2H3/b41-26-. The van der Waals surface area contributed by atoms with Gasteiger partial charge in [-0.2, -0.15) is 0 Å². The quantitative estimate of drug-likeness (QED) is 0.167. The van der Waals surface area contributed by atoms with E-state index in [4.69, 9.17) is 5.73 Å². The minimum absolute atomic E-state index is 0.126. The highest BCUT2D eigenvalue weighted by Crippen LogP contribution is 2.52. The van der Waals surface area contributed by atoms with Crippen LogP contribution in [0.1, 0.15) is 47.8 Å². The summed E-state index contributed by atoms with van der Waals surface area (Å²) in [6, 6.07) is 55.0. The smallest absolute Gasteiger partial charge is 0.101 e. The zero-order valence-corrected chi connectivity index (χ0v) is 29.1. The molecule has 50 heavy (non-hydrogen) atoms. The number of benzene rings is 7. The van der Waals surface area contributed by atoms with Crippen molar-refractivity contribution in [2.24, 2.45) is 5.73 Å². The van der Waals surface area contributed by atoms with Crippen LogP contribution in [0.3, 0.4) is 0 Å². The number of fused-ring (bicyclic) bond motifs is 7. The van der Waals surface area contributed by atoms with Crippen LogP contribution in [0.4, 0.5) is 0 Å². The molecule has 0 bridgehead atoms. The molecule has 3 heteroatoms. The van der Waals surface area contributed by atoms with E-state index in [2.05, 4.69) is 159 Å². The number of nitrogens with two attached hydrogens (primary N) is 1. The number of allylic oxidation sites excluding steroid dienone is 1. The fourth-order valence-electron chi connectivity index (χ4n) is 7.96. The average molecular weight is 663 g/mol. The SMILES string of the molecule is CC1(C)c2cc3ccccc3cc2-c2c(/C(=C/Cc3cccc(-c4cccc5sc6ccccc6c45)c3)NC(N)c3ccccc3)cccc21. The molecule has 1 unspecified atom stereocenters. The highest BCUT2D eigenvalue weighted by Gasteiger charge is 2.37. The Kier molecular flexibility index (Phi) is 7.42. The second-order valence-electron chi connectivity index (χ2n) is 13.9. The molecular weight excluding hydrogens is 625 g/mol. The lowest BCUT2D eigenvalue weighted by Gasteiger charge is -2.23. The summed E-state index contributed by atoms with van der Waals surface area (Å²) in [6.07, 6.45) is 2.74. The summed E-state index contributed by atoms with van der Waals surface area (Å²) in [6.45, 7) is 4.71. The van der Waals surface area contributed by atoms with Crippen LogP contribution in [0.2, 0.25) is 0 Å². The highest BCUT2D eigenvalue weighted by molar-refractivity contribution is 7.25. The molecule has 1 heterocycles. The van der Waals surface area contributed by atoms with E-state index >= 15 is 0 Å². The van der Waals surface area contributed by atoms with Gasteiger partial charge in [-0.1, -0.05) is 147 Å². The van der Waals surface area contributed by atoms with Gasteiger partial charge in [0, 0.05) is 36.8 Å². The van der Waals surface area contributed by atoms with Crippen molar-refractivity contribution in [3.8, 4) is 22.3 Å². The van der Waals surface area contributed by atoms with E-state index in [1.165, 1.54) is 75.5 Å². The second-order valence-corrected chi connectivity index (χ2v) is 15.0. The molecule has 9 rings (SSSR count). The number of rotatable bonds is 7. The van der Waals surface area contributed by atoms with Gasteiger partial charge >= 0.3 is 0 Å². The maximum atomic E-state index is 6.91. The van der Waals surface area contributed by atoms with Crippen LogP contribution in [-0.2, 0) is 11.8 Å². The zero-order chi connectivity index (χ0) is 33.8. The third-order valence-corrected chi connectivity index (χ3v) is 11.6. The summed E-state index contributed by atoms with van der Waals surface area (Å²) in [7, 11) is 0. The highest BCUT2D eigenvalue weighted by atomic mass is 32.1. The zero-order valence-electron chi connectivity index (χ0n) is 28.3. The Morgan fingerprint density at radius 1 is 0.680 bits per heavy atom. The molecule has 1 atom stereocenters. The Labute approximate surface area is 297 Å². The van der Waals surface area contributed by atoms with E-state index < -0.39 is 0 Å². The number of hydrogen-bond acceptors (Lipinski definition) is 3. The molecule has 0 radical (unpaired) electrons. The molecule has 0 amide bonds. The van der Waals surface area contributed by atoms with Crippen LogP contribution in [0.25, 0.3) is 58.9 Å². The molecule has 0 fully saturated rings. The largest absolute Gasteiger partial charge is 0.366 e. The molecule has 8 aromatic rings. The third kappa shape index (κ3) is 5.13. The number of hydrogen-bond donors (Lipinski definition) is 2. The average Bonchev–Trinajstić information content (AvgIpc) is 3.65. The van der Waals surface area contributed by atoms with Gasteiger partial charge in [0.15, 0.2) is 0 Å². The Morgan fingerprint density at radius 2 is 1.40 bits per heavy atom. The minimum atomic E-state index is -0.361. The Bertz CT molecular complexity index is 2590. The van der Waals surface area contributed by atoms with Crippen molar-refractivity contribution in [3.05, 3.63) is 186 Å². The lowest BCUT2D eigenvalue weighted by atomic mass is 9.81. The summed E-state index contributed by atoms with van der Waals surface area (Å²) in [5.41, 5.74) is 19.1. The normalized spacial score (nSPS) is 14.2. The predicted octanol–water partition coefficient (Wildman–Crippen LogP) is 12.0. The van der Waals surface area contributed by atoms with Gasteiger partial charge in [-0.15, -0.1) is 11.3 Å². The fraction of sp³-hybridized carbons (Fsp3) is 0.106. The van der Waals surface area contributed by atoms with E-state index in [9.17, 15) is 0 Å². The maximum Gasteiger partial charge on any atom is 0.101 e. The van der Waals surface area contributed by atoms with E-state index in [0.717, 1.165) is 17.7 Å². The molecule has 7 aromatic carbocycles. The van der Waals surface area contributed by atoms with Gasteiger partial charge in [0.05, 0.1) is 0 Å². The van der Waals surface area contributed by atoms with Crippen molar-refractivity contribution >= 4 is 48.0 Å². The minimum Gasteiger partial charge on any atom is -0.366 e. The molecule has 1 aliphatic rings. The van der Waals surface area contributed by atoms with Gasteiger partial charge in [0.2, 0.25) is 0 Å². The molecule has 0 saturated carbocycles. The number of thiophene rings is 1. The number of nitrogens with one attached hydrogen (secondary N) is 1. The van der Waals surface area contributed by atoms with E-state index in [1.54, 1.807) is 0 Å². The van der Waals surface area contributed by atoms with Crippen molar-refractivity contribution in [2.45, 2.75) is 31.8 Å². The van der Waals surface area contributed by atoms with E-state index in [0.29, 0.717) is 0 Å². The Morgan fingerprint density at radius 3 is 2.26 bits per heavy atom. The van der Waals surface area contributed by atoms with Crippen LogP contribution in [0, 0.1) is 0 Å². The molecule has 2 nitrogen and oxygen atoms in total. The van der Waals surface area contributed by atoms with Crippen LogP contribution in [0.5, 0.6) is 0 Å². The van der Waals surface area contributed by atoms with Gasteiger partial charge in [-0.3, -0.25) is 0 Å². The van der Waals surface area contributed by atoms with Crippen molar-refractivity contribution in [1.29, 1.82) is 0 Å². The van der Waals surface area contributed by atoms with E-state index in [-0.39, 0.29) is 11.6 Å². The molecule has 3 N–H and O–H groups in total. The van der Waals surface area contributed by atoms with Crippen molar-refractivity contribution in [1.82, 2.24) is 5.32 Å². The van der Waals surface area contributed by atoms with Gasteiger partial charge in [0.25, 0.3) is 0 Å². The molecular formula is C47H38N2S. The van der Waals surface area contributed by atoms with Crippen LogP contribution in [-0.4, -0.2) is 0 Å². The summed E-state index contributed by atoms with van der Waals surface area (Å²) in [5, 5.41) is 8.97. The van der Waals surface area contributed by atoms with E-state index in [1.807, 2.05) is 29.5 Å². The lowest BCUT2D eigenvalue weighted by Crippen LogP contribution is -2.28. The maximum absolute atomic E-state index is 6.91. The summed E-state index contributed by atoms with van der Waals surface area (Å²) in [4.78, 5) is 0. The molecule has 0 saturated heterocycles. The van der Waals surface area contributed by atoms with Gasteiger partial charge in [0.1, 0.15) is 6.17 Å². The topological polar surface area (TPSA) is 38.0 Å². The van der Waals surface area contributed by atoms with Crippen LogP contribution < -0.4 is 11.1 Å². The Balaban J connectivity index is 1.16. The fourth-order valence-corrected chi connectivity index (χ4v) is 9.09. The second kappa shape index (κ2) is 12.1. The van der Waals surface area contributed by atoms with Crippen molar-refractivity contribution in [3.63, 3.8) is 0 Å². The summed E-state index contributed by atoms with van der Waals surface area (Å²) < 4.78 is 2.65. The van der Waals surface area contributed by atoms with Crippen molar-refractivity contribution in [2.75, 3.05) is 0 Å². The molecule has 1 aromatic heterocycles. The van der Waals surface area contributed by atoms with Crippen LogP contribution >= 0.6 is 11.3 Å². The van der Waals surface area contributed by atoms with Gasteiger partial charge in [-0.05, 0) is 86.0 Å². The molecule has 242 valence electrons. The first-order chi connectivity index (χ1) is 24.5. The molecule has 1 aliphatic carbocycles. The van der Waals surface area contributed by atoms with Crippen molar-refractivity contribution < 1.29 is 0 Å². The Hall–Kier alpha value is -5.48. The van der Waals surface area contributed by atoms with Crippen LogP contribution in [0.15, 0.2) is 158 Å². The first-order valence-electron chi connectivity index (χ1n) is 17.4. The van der Waals surface area contributed by atoms with Gasteiger partial charge < -0.3 is 11.1 Å². The monoisotopic (exact) mass is 662 g/mol. The summed E-state index contributed by atoms with van der Waals surface area (Å²) in [5.74, 6) is 0. The predicted molar refractivity (Wildman–Crippen MR) is 214 cm³/mol. The summed E-state index contributed by atoms with van der Waals surface area (Å²) >= 11 is 1.87.